The maximum Gasteiger partial charge on any atom is 0.256 e. The second kappa shape index (κ2) is 6.77. The summed E-state index contributed by atoms with van der Waals surface area (Å²) in [6, 6.07) is 3.58. The fourth-order valence-corrected chi connectivity index (χ4v) is 5.68. The predicted octanol–water partition coefficient (Wildman–Crippen LogP) is 3.10. The highest BCUT2D eigenvalue weighted by atomic mass is 32.2. The van der Waals surface area contributed by atoms with Gasteiger partial charge in [-0.15, -0.1) is 11.3 Å². The molecule has 1 aromatic heterocycles. The van der Waals surface area contributed by atoms with Crippen molar-refractivity contribution >= 4 is 32.9 Å². The first-order valence-corrected chi connectivity index (χ1v) is 12.0. The number of thiazole rings is 1. The Morgan fingerprint density at radius 1 is 1.36 bits per heavy atom. The molecule has 1 aromatic carbocycles. The van der Waals surface area contributed by atoms with E-state index in [4.69, 9.17) is 0 Å². The summed E-state index contributed by atoms with van der Waals surface area (Å²) in [5.74, 6) is 0.347. The maximum atomic E-state index is 13.0. The molecular formula is C20H22N2O4S2. The first-order chi connectivity index (χ1) is 13.1. The molecule has 2 aromatic rings. The van der Waals surface area contributed by atoms with Gasteiger partial charge in [-0.3, -0.25) is 9.59 Å². The van der Waals surface area contributed by atoms with Crippen LogP contribution < -0.4 is 0 Å². The number of aromatic nitrogens is 1. The number of ketones is 1. The van der Waals surface area contributed by atoms with Crippen LogP contribution in [0.1, 0.15) is 47.6 Å². The van der Waals surface area contributed by atoms with Crippen LogP contribution in [0.5, 0.6) is 0 Å². The van der Waals surface area contributed by atoms with Gasteiger partial charge in [-0.1, -0.05) is 0 Å². The molecule has 1 aliphatic heterocycles. The monoisotopic (exact) mass is 418 g/mol. The van der Waals surface area contributed by atoms with E-state index in [9.17, 15) is 18.0 Å². The van der Waals surface area contributed by atoms with Crippen LogP contribution in [0.25, 0.3) is 10.4 Å². The quantitative estimate of drug-likeness (QED) is 0.720. The lowest BCUT2D eigenvalue weighted by molar-refractivity contribution is -0.116. The summed E-state index contributed by atoms with van der Waals surface area (Å²) < 4.78 is 24.9. The van der Waals surface area contributed by atoms with Crippen LogP contribution in [0.15, 0.2) is 23.2 Å². The summed E-state index contributed by atoms with van der Waals surface area (Å²) in [6.45, 7) is 3.99. The van der Waals surface area contributed by atoms with Crippen molar-refractivity contribution in [3.63, 3.8) is 0 Å². The van der Waals surface area contributed by atoms with Gasteiger partial charge >= 0.3 is 0 Å². The van der Waals surface area contributed by atoms with Gasteiger partial charge < -0.3 is 4.90 Å². The van der Waals surface area contributed by atoms with Crippen molar-refractivity contribution in [2.24, 2.45) is 5.92 Å². The third-order valence-electron chi connectivity index (χ3n) is 5.43. The van der Waals surface area contributed by atoms with Crippen LogP contribution in [0.2, 0.25) is 0 Å². The van der Waals surface area contributed by atoms with E-state index in [1.165, 1.54) is 18.3 Å². The molecule has 148 valence electrons. The van der Waals surface area contributed by atoms with E-state index in [1.54, 1.807) is 17.2 Å². The Bertz CT molecular complexity index is 1080. The van der Waals surface area contributed by atoms with Gasteiger partial charge in [-0.05, 0) is 55.9 Å². The number of carbonyl (C=O) groups excluding carboxylic acids is 2. The van der Waals surface area contributed by atoms with Gasteiger partial charge in [0.25, 0.3) is 5.91 Å². The standard InChI is InChI=1S/C20H22N2O4S2/c1-11(23)6-18-21-9-16(27-18)14-7-15-10-22(12(2)13-4-5-13)20(24)19(15)17(8-14)28(3,25)26/h7-9,12-13H,4-6,10H2,1-3H3/t12-/m0/s1. The average Bonchev–Trinajstić information content (AvgIpc) is 3.27. The van der Waals surface area contributed by atoms with Gasteiger partial charge in [-0.25, -0.2) is 13.4 Å². The first kappa shape index (κ1) is 19.3. The third-order valence-corrected chi connectivity index (χ3v) is 7.60. The SMILES string of the molecule is CC(=O)Cc1ncc(-c2cc3c(c(S(C)(=O)=O)c2)C(=O)N([C@@H](C)C2CC2)C3)s1. The molecule has 2 heterocycles. The molecule has 0 saturated heterocycles. The highest BCUT2D eigenvalue weighted by Gasteiger charge is 2.40. The Kier molecular flexibility index (Phi) is 4.66. The van der Waals surface area contributed by atoms with Crippen LogP contribution in [0, 0.1) is 5.92 Å². The van der Waals surface area contributed by atoms with E-state index in [0.29, 0.717) is 23.0 Å². The van der Waals surface area contributed by atoms with Crippen molar-refractivity contribution < 1.29 is 18.0 Å². The van der Waals surface area contributed by atoms with Crippen LogP contribution >= 0.6 is 11.3 Å². The van der Waals surface area contributed by atoms with Gasteiger partial charge in [-0.2, -0.15) is 0 Å². The smallest absolute Gasteiger partial charge is 0.256 e. The summed E-state index contributed by atoms with van der Waals surface area (Å²) in [5, 5.41) is 0.698. The van der Waals surface area contributed by atoms with Crippen molar-refractivity contribution in [1.82, 2.24) is 9.88 Å². The molecule has 0 N–H and O–H groups in total. The zero-order valence-electron chi connectivity index (χ0n) is 16.1. The van der Waals surface area contributed by atoms with Gasteiger partial charge in [0.1, 0.15) is 10.8 Å². The molecule has 1 saturated carbocycles. The molecule has 1 fully saturated rings. The molecule has 2 aliphatic rings. The van der Waals surface area contributed by atoms with Crippen molar-refractivity contribution in [2.45, 2.75) is 50.6 Å². The second-order valence-electron chi connectivity index (χ2n) is 7.79. The Balaban J connectivity index is 1.78. The maximum absolute atomic E-state index is 13.0. The number of benzene rings is 1. The minimum Gasteiger partial charge on any atom is -0.331 e. The molecule has 0 radical (unpaired) electrons. The van der Waals surface area contributed by atoms with E-state index < -0.39 is 9.84 Å². The number of nitrogens with zero attached hydrogens (tertiary/aromatic N) is 2. The Morgan fingerprint density at radius 2 is 2.07 bits per heavy atom. The molecule has 1 aliphatic carbocycles. The Labute approximate surface area is 168 Å². The number of carbonyl (C=O) groups is 2. The first-order valence-electron chi connectivity index (χ1n) is 9.27. The summed E-state index contributed by atoms with van der Waals surface area (Å²) in [6.07, 6.45) is 5.30. The van der Waals surface area contributed by atoms with Gasteiger partial charge in [0.15, 0.2) is 9.84 Å². The van der Waals surface area contributed by atoms with Crippen molar-refractivity contribution in [2.75, 3.05) is 6.26 Å². The minimum absolute atomic E-state index is 0.0296. The van der Waals surface area contributed by atoms with Crippen molar-refractivity contribution in [3.8, 4) is 10.4 Å². The van der Waals surface area contributed by atoms with Crippen molar-refractivity contribution in [3.05, 3.63) is 34.5 Å². The van der Waals surface area contributed by atoms with Crippen LogP contribution in [-0.4, -0.2) is 42.3 Å². The lowest BCUT2D eigenvalue weighted by Crippen LogP contribution is -2.35. The van der Waals surface area contributed by atoms with Crippen LogP contribution in [-0.2, 0) is 27.6 Å². The molecule has 0 unspecified atom stereocenters. The summed E-state index contributed by atoms with van der Waals surface area (Å²) >= 11 is 1.38. The zero-order chi connectivity index (χ0) is 20.2. The van der Waals surface area contributed by atoms with Gasteiger partial charge in [0.05, 0.1) is 21.8 Å². The van der Waals surface area contributed by atoms with E-state index >= 15 is 0 Å². The predicted molar refractivity (Wildman–Crippen MR) is 107 cm³/mol. The summed E-state index contributed by atoms with van der Waals surface area (Å²) in [5.41, 5.74) is 1.78. The van der Waals surface area contributed by atoms with Crippen LogP contribution in [0.3, 0.4) is 0 Å². The number of hydrogen-bond acceptors (Lipinski definition) is 6. The largest absolute Gasteiger partial charge is 0.331 e. The van der Waals surface area contributed by atoms with E-state index in [-0.39, 0.29) is 29.0 Å². The molecule has 1 amide bonds. The van der Waals surface area contributed by atoms with Gasteiger partial charge in [0, 0.05) is 25.0 Å². The van der Waals surface area contributed by atoms with Crippen molar-refractivity contribution in [1.29, 1.82) is 0 Å². The minimum atomic E-state index is -3.57. The molecular weight excluding hydrogens is 396 g/mol. The topological polar surface area (TPSA) is 84.4 Å². The highest BCUT2D eigenvalue weighted by Crippen LogP contribution is 2.41. The van der Waals surface area contributed by atoms with E-state index in [0.717, 1.165) is 35.1 Å². The Morgan fingerprint density at radius 3 is 2.68 bits per heavy atom. The number of fused-ring (bicyclic) bond motifs is 1. The van der Waals surface area contributed by atoms with Crippen LogP contribution in [0.4, 0.5) is 0 Å². The number of amides is 1. The molecule has 6 nitrogen and oxygen atoms in total. The number of rotatable bonds is 6. The molecule has 28 heavy (non-hydrogen) atoms. The summed E-state index contributed by atoms with van der Waals surface area (Å²) in [4.78, 5) is 31.3. The Hall–Kier alpha value is -2.06. The van der Waals surface area contributed by atoms with E-state index in [1.807, 2.05) is 13.0 Å². The molecule has 8 heteroatoms. The molecule has 4 rings (SSSR count). The average molecular weight is 419 g/mol. The second-order valence-corrected chi connectivity index (χ2v) is 10.9. The lowest BCUT2D eigenvalue weighted by Gasteiger charge is -2.24. The number of sulfone groups is 1. The third kappa shape index (κ3) is 3.51. The normalized spacial score (nSPS) is 17.7. The zero-order valence-corrected chi connectivity index (χ0v) is 17.7. The molecule has 0 spiro atoms. The molecule has 0 bridgehead atoms. The van der Waals surface area contributed by atoms with Gasteiger partial charge in [0.2, 0.25) is 0 Å². The fraction of sp³-hybridized carbons (Fsp3) is 0.450. The number of hydrogen-bond donors (Lipinski definition) is 0. The van der Waals surface area contributed by atoms with E-state index in [2.05, 4.69) is 4.98 Å². The summed E-state index contributed by atoms with van der Waals surface area (Å²) in [7, 11) is -3.57. The lowest BCUT2D eigenvalue weighted by atomic mass is 10.1. The highest BCUT2D eigenvalue weighted by molar-refractivity contribution is 7.90. The fourth-order valence-electron chi connectivity index (χ4n) is 3.77. The number of Topliss-reactive ketones (excluding diaryl/α,β-unsaturated/α-hetero) is 1. The molecule has 1 atom stereocenters.